The standard InChI is InChI=1S/C39H49NO7S/c1-35-16-13-28(41)22-37(35)19-20-39(30(23-37)34(42)26-9-7-6-8-10-26)32(35)14-17-36(2)33(39)15-18-38(36,43)25-40(48(5,44)45)24-27-11-12-29(46-3)21-31(27)47-4/h6-12,19-21,23,28,32-33,41,43H,13-18,22,24-25H2,1-5H3/t28?,32-,33-,35-,36+,37+,38-,39-/m1/s1. The molecule has 9 heteroatoms. The molecule has 0 aromatic heterocycles. The minimum atomic E-state index is -3.74. The third-order valence-corrected chi connectivity index (χ3v) is 14.9. The number of hydrogen-bond acceptors (Lipinski definition) is 7. The van der Waals surface area contributed by atoms with Gasteiger partial charge < -0.3 is 19.7 Å². The van der Waals surface area contributed by atoms with E-state index in [0.717, 1.165) is 31.3 Å². The summed E-state index contributed by atoms with van der Waals surface area (Å²) >= 11 is 0. The van der Waals surface area contributed by atoms with Crippen molar-refractivity contribution in [3.8, 4) is 11.5 Å². The zero-order valence-electron chi connectivity index (χ0n) is 28.7. The molecule has 0 radical (unpaired) electrons. The normalized spacial score (nSPS) is 38.2. The summed E-state index contributed by atoms with van der Waals surface area (Å²) in [4.78, 5) is 14.6. The summed E-state index contributed by atoms with van der Waals surface area (Å²) in [5, 5.41) is 23.8. The van der Waals surface area contributed by atoms with E-state index in [0.29, 0.717) is 41.9 Å². The minimum absolute atomic E-state index is 0.00971. The van der Waals surface area contributed by atoms with Crippen LogP contribution < -0.4 is 9.47 Å². The van der Waals surface area contributed by atoms with Crippen molar-refractivity contribution < 1.29 is 32.9 Å². The smallest absolute Gasteiger partial charge is 0.211 e. The number of carbonyl (C=O) groups is 1. The van der Waals surface area contributed by atoms with Crippen LogP contribution in [0.5, 0.6) is 11.5 Å². The van der Waals surface area contributed by atoms with Gasteiger partial charge in [-0.2, -0.15) is 4.31 Å². The molecule has 2 aromatic carbocycles. The first-order chi connectivity index (χ1) is 22.7. The molecule has 0 saturated heterocycles. The lowest BCUT2D eigenvalue weighted by molar-refractivity contribution is -0.173. The van der Waals surface area contributed by atoms with E-state index in [1.807, 2.05) is 30.3 Å². The molecule has 6 aliphatic carbocycles. The largest absolute Gasteiger partial charge is 0.497 e. The van der Waals surface area contributed by atoms with Crippen molar-refractivity contribution in [3.05, 3.63) is 83.5 Å². The number of Topliss-reactive ketones (excluding diaryl/α,β-unsaturated/α-hetero) is 1. The van der Waals surface area contributed by atoms with Gasteiger partial charge in [0.1, 0.15) is 11.5 Å². The van der Waals surface area contributed by atoms with Gasteiger partial charge in [-0.3, -0.25) is 4.79 Å². The first-order valence-electron chi connectivity index (χ1n) is 17.3. The average molecular weight is 676 g/mol. The van der Waals surface area contributed by atoms with Crippen molar-refractivity contribution >= 4 is 15.8 Å². The predicted octanol–water partition coefficient (Wildman–Crippen LogP) is 5.94. The molecule has 3 saturated carbocycles. The van der Waals surface area contributed by atoms with Gasteiger partial charge in [-0.25, -0.2) is 8.42 Å². The highest BCUT2D eigenvalue weighted by Crippen LogP contribution is 2.78. The number of allylic oxidation sites excluding steroid dienone is 4. The fourth-order valence-electron chi connectivity index (χ4n) is 11.1. The summed E-state index contributed by atoms with van der Waals surface area (Å²) in [6, 6.07) is 14.8. The summed E-state index contributed by atoms with van der Waals surface area (Å²) < 4.78 is 39.1. The van der Waals surface area contributed by atoms with E-state index in [-0.39, 0.29) is 36.1 Å². The van der Waals surface area contributed by atoms with Crippen molar-refractivity contribution in [1.82, 2.24) is 4.31 Å². The molecule has 2 aromatic rings. The van der Waals surface area contributed by atoms with Gasteiger partial charge in [0.2, 0.25) is 10.0 Å². The Labute approximate surface area is 284 Å². The monoisotopic (exact) mass is 675 g/mol. The number of aliphatic hydroxyl groups is 2. The molecule has 0 aliphatic heterocycles. The molecule has 1 unspecified atom stereocenters. The minimum Gasteiger partial charge on any atom is -0.497 e. The zero-order valence-corrected chi connectivity index (χ0v) is 29.6. The lowest BCUT2D eigenvalue weighted by atomic mass is 9.32. The number of hydrogen-bond donors (Lipinski definition) is 2. The summed E-state index contributed by atoms with van der Waals surface area (Å²) in [6.07, 6.45) is 12.4. The number of methoxy groups -OCH3 is 2. The van der Waals surface area contributed by atoms with Crippen molar-refractivity contribution in [2.24, 2.45) is 33.5 Å². The maximum Gasteiger partial charge on any atom is 0.211 e. The van der Waals surface area contributed by atoms with Crippen LogP contribution in [0.25, 0.3) is 0 Å². The van der Waals surface area contributed by atoms with Gasteiger partial charge in [0.25, 0.3) is 0 Å². The third kappa shape index (κ3) is 4.63. The lowest BCUT2D eigenvalue weighted by Crippen LogP contribution is -2.67. The predicted molar refractivity (Wildman–Crippen MR) is 184 cm³/mol. The first kappa shape index (κ1) is 33.5. The number of sulfonamides is 1. The van der Waals surface area contributed by atoms with Crippen LogP contribution in [0, 0.1) is 33.5 Å². The Morgan fingerprint density at radius 2 is 1.62 bits per heavy atom. The lowest BCUT2D eigenvalue weighted by Gasteiger charge is -2.71. The highest BCUT2D eigenvalue weighted by molar-refractivity contribution is 7.88. The number of aliphatic hydroxyl groups excluding tert-OH is 1. The van der Waals surface area contributed by atoms with Crippen molar-refractivity contribution in [3.63, 3.8) is 0 Å². The van der Waals surface area contributed by atoms with E-state index in [4.69, 9.17) is 9.47 Å². The molecule has 8 atom stereocenters. The van der Waals surface area contributed by atoms with Crippen LogP contribution in [0.1, 0.15) is 74.7 Å². The summed E-state index contributed by atoms with van der Waals surface area (Å²) in [5.74, 6) is 1.21. The fraction of sp³-hybridized carbons (Fsp3) is 0.564. The quantitative estimate of drug-likeness (QED) is 0.250. The van der Waals surface area contributed by atoms with E-state index < -0.39 is 38.0 Å². The highest BCUT2D eigenvalue weighted by atomic mass is 32.2. The van der Waals surface area contributed by atoms with E-state index >= 15 is 0 Å². The Morgan fingerprint density at radius 3 is 2.31 bits per heavy atom. The molecule has 0 heterocycles. The molecule has 2 N–H and O–H groups in total. The van der Waals surface area contributed by atoms with Crippen LogP contribution in [0.2, 0.25) is 0 Å². The number of benzene rings is 2. The maximum atomic E-state index is 14.6. The molecule has 0 amide bonds. The van der Waals surface area contributed by atoms with Crippen molar-refractivity contribution in [1.29, 1.82) is 0 Å². The van der Waals surface area contributed by atoms with Gasteiger partial charge in [-0.1, -0.05) is 68.5 Å². The molecule has 6 aliphatic rings. The van der Waals surface area contributed by atoms with E-state index in [9.17, 15) is 23.4 Å². The third-order valence-electron chi connectivity index (χ3n) is 13.7. The SMILES string of the molecule is COc1ccc(CN(C[C@]2(O)CC[C@H]3[C@]45C=C[C@@]6(C=C4C(=O)c4ccccc4)CC(O)CC[C@]6(C)[C@H]5CC[C@@]32C)S(C)(=O)=O)c(OC)c1. The number of ether oxygens (including phenoxy) is 2. The van der Waals surface area contributed by atoms with Gasteiger partial charge in [-0.15, -0.1) is 0 Å². The number of rotatable bonds is 9. The second-order valence-electron chi connectivity index (χ2n) is 15.7. The van der Waals surface area contributed by atoms with Crippen LogP contribution >= 0.6 is 0 Å². The van der Waals surface area contributed by atoms with Crippen LogP contribution in [0.15, 0.2) is 72.3 Å². The van der Waals surface area contributed by atoms with E-state index in [1.165, 1.54) is 10.6 Å². The fourth-order valence-corrected chi connectivity index (χ4v) is 11.9. The van der Waals surface area contributed by atoms with Gasteiger partial charge >= 0.3 is 0 Å². The molecule has 258 valence electrons. The second-order valence-corrected chi connectivity index (χ2v) is 17.7. The molecule has 2 bridgehead atoms. The Bertz CT molecular complexity index is 1790. The maximum absolute atomic E-state index is 14.6. The molecular weight excluding hydrogens is 626 g/mol. The Balaban J connectivity index is 1.30. The molecule has 8 rings (SSSR count). The molecular formula is C39H49NO7S. The highest BCUT2D eigenvalue weighted by Gasteiger charge is 2.74. The van der Waals surface area contributed by atoms with Gasteiger partial charge in [-0.05, 0) is 68.3 Å². The zero-order chi connectivity index (χ0) is 34.3. The molecule has 3 fully saturated rings. The summed E-state index contributed by atoms with van der Waals surface area (Å²) in [7, 11) is -0.627. The van der Waals surface area contributed by atoms with E-state index in [1.54, 1.807) is 32.4 Å². The van der Waals surface area contributed by atoms with Crippen LogP contribution in [0.4, 0.5) is 0 Å². The first-order valence-corrected chi connectivity index (χ1v) is 19.1. The second kappa shape index (κ2) is 11.3. The average Bonchev–Trinajstić information content (AvgIpc) is 3.34. The number of nitrogens with zero attached hydrogens (tertiary/aromatic N) is 1. The number of fused-ring (bicyclic) bond motifs is 1. The van der Waals surface area contributed by atoms with Crippen LogP contribution in [-0.2, 0) is 16.6 Å². The van der Waals surface area contributed by atoms with Gasteiger partial charge in [0.05, 0.1) is 32.2 Å². The van der Waals surface area contributed by atoms with Crippen molar-refractivity contribution in [2.45, 2.75) is 77.0 Å². The molecule has 2 spiro atoms. The van der Waals surface area contributed by atoms with Gasteiger partial charge in [0.15, 0.2) is 5.78 Å². The van der Waals surface area contributed by atoms with Crippen LogP contribution in [-0.4, -0.2) is 67.4 Å². The summed E-state index contributed by atoms with van der Waals surface area (Å²) in [5.41, 5.74) is -1.06. The van der Waals surface area contributed by atoms with Crippen LogP contribution in [0.3, 0.4) is 0 Å². The Kier molecular flexibility index (Phi) is 7.87. The Morgan fingerprint density at radius 1 is 0.938 bits per heavy atom. The number of carbonyl (C=O) groups excluding carboxylic acids is 1. The van der Waals surface area contributed by atoms with Gasteiger partial charge in [0, 0.05) is 52.1 Å². The van der Waals surface area contributed by atoms with E-state index in [2.05, 4.69) is 32.1 Å². The number of ketones is 1. The topological polar surface area (TPSA) is 113 Å². The van der Waals surface area contributed by atoms with Crippen molar-refractivity contribution in [2.75, 3.05) is 27.0 Å². The Hall–Kier alpha value is -2.98. The summed E-state index contributed by atoms with van der Waals surface area (Å²) in [6.45, 7) is 4.48. The molecule has 8 nitrogen and oxygen atoms in total. The molecule has 48 heavy (non-hydrogen) atoms.